The second-order valence-corrected chi connectivity index (χ2v) is 6.64. The van der Waals surface area contributed by atoms with E-state index in [1.807, 2.05) is 30.3 Å². The highest BCUT2D eigenvalue weighted by atomic mass is 127. The quantitative estimate of drug-likeness (QED) is 0.308. The maximum Gasteiger partial charge on any atom is 0.191 e. The zero-order valence-electron chi connectivity index (χ0n) is 16.2. The molecule has 1 aliphatic heterocycles. The summed E-state index contributed by atoms with van der Waals surface area (Å²) in [6.45, 7) is 8.99. The van der Waals surface area contributed by atoms with Gasteiger partial charge in [0.25, 0.3) is 0 Å². The number of halogens is 1. The molecule has 1 aromatic rings. The zero-order valence-corrected chi connectivity index (χ0v) is 18.5. The first-order chi connectivity index (χ1) is 12.2. The van der Waals surface area contributed by atoms with E-state index in [1.165, 1.54) is 25.8 Å². The third kappa shape index (κ3) is 7.80. The van der Waals surface area contributed by atoms with Crippen molar-refractivity contribution < 1.29 is 5.11 Å². The number of nitrogens with zero attached hydrogens (tertiary/aromatic N) is 2. The van der Waals surface area contributed by atoms with Gasteiger partial charge in [0.1, 0.15) is 0 Å². The van der Waals surface area contributed by atoms with Crippen LogP contribution in [-0.2, 0) is 0 Å². The number of piperidine rings is 1. The molecule has 1 saturated heterocycles. The predicted molar refractivity (Wildman–Crippen MR) is 120 cm³/mol. The first-order valence-electron chi connectivity index (χ1n) is 9.73. The van der Waals surface area contributed by atoms with Crippen molar-refractivity contribution in [2.75, 3.05) is 32.7 Å². The maximum absolute atomic E-state index is 10.3. The van der Waals surface area contributed by atoms with Crippen LogP contribution >= 0.6 is 24.0 Å². The Labute approximate surface area is 175 Å². The Morgan fingerprint density at radius 1 is 1.23 bits per heavy atom. The number of nitrogens with one attached hydrogen (secondary N) is 2. The van der Waals surface area contributed by atoms with Crippen molar-refractivity contribution in [3.63, 3.8) is 0 Å². The highest BCUT2D eigenvalue weighted by Gasteiger charge is 2.20. The molecule has 0 amide bonds. The molecule has 2 unspecified atom stereocenters. The molecule has 1 fully saturated rings. The largest absolute Gasteiger partial charge is 0.388 e. The highest BCUT2D eigenvalue weighted by molar-refractivity contribution is 14.0. The SMILES string of the molecule is CCNC(=NCC1CCCCN1CC)NCCC(O)c1ccccc1.I. The molecule has 148 valence electrons. The topological polar surface area (TPSA) is 59.9 Å². The van der Waals surface area contributed by atoms with Gasteiger partial charge in [0.15, 0.2) is 5.96 Å². The van der Waals surface area contributed by atoms with E-state index >= 15 is 0 Å². The lowest BCUT2D eigenvalue weighted by Crippen LogP contribution is -2.43. The lowest BCUT2D eigenvalue weighted by atomic mass is 10.0. The summed E-state index contributed by atoms with van der Waals surface area (Å²) in [5.41, 5.74) is 0.965. The van der Waals surface area contributed by atoms with Crippen LogP contribution in [0.3, 0.4) is 0 Å². The summed E-state index contributed by atoms with van der Waals surface area (Å²) in [7, 11) is 0. The first-order valence-corrected chi connectivity index (χ1v) is 9.73. The van der Waals surface area contributed by atoms with Crippen molar-refractivity contribution in [3.8, 4) is 0 Å². The molecule has 1 heterocycles. The monoisotopic (exact) mass is 474 g/mol. The number of aliphatic hydroxyl groups excluding tert-OH is 1. The third-order valence-corrected chi connectivity index (χ3v) is 4.85. The number of hydrogen-bond donors (Lipinski definition) is 3. The van der Waals surface area contributed by atoms with E-state index in [0.717, 1.165) is 31.2 Å². The molecule has 0 bridgehead atoms. The summed E-state index contributed by atoms with van der Waals surface area (Å²) in [6.07, 6.45) is 4.08. The van der Waals surface area contributed by atoms with Gasteiger partial charge in [0.2, 0.25) is 0 Å². The number of benzene rings is 1. The Hall–Kier alpha value is -0.860. The maximum atomic E-state index is 10.3. The molecule has 5 nitrogen and oxygen atoms in total. The summed E-state index contributed by atoms with van der Waals surface area (Å²) < 4.78 is 0. The fourth-order valence-electron chi connectivity index (χ4n) is 3.39. The number of rotatable bonds is 8. The van der Waals surface area contributed by atoms with Gasteiger partial charge in [-0.1, -0.05) is 43.7 Å². The van der Waals surface area contributed by atoms with Crippen LogP contribution in [0.1, 0.15) is 51.2 Å². The number of likely N-dealkylation sites (tertiary alicyclic amines) is 1. The van der Waals surface area contributed by atoms with Crippen LogP contribution < -0.4 is 10.6 Å². The number of aliphatic imine (C=N–C) groups is 1. The van der Waals surface area contributed by atoms with Crippen molar-refractivity contribution in [2.24, 2.45) is 4.99 Å². The Kier molecular flexibility index (Phi) is 11.9. The molecule has 0 saturated carbocycles. The average molecular weight is 474 g/mol. The first kappa shape index (κ1) is 23.2. The van der Waals surface area contributed by atoms with Crippen LogP contribution in [0.4, 0.5) is 0 Å². The van der Waals surface area contributed by atoms with Crippen LogP contribution in [0.25, 0.3) is 0 Å². The highest BCUT2D eigenvalue weighted by Crippen LogP contribution is 2.17. The third-order valence-electron chi connectivity index (χ3n) is 4.85. The average Bonchev–Trinajstić information content (AvgIpc) is 2.66. The molecule has 0 aromatic heterocycles. The predicted octanol–water partition coefficient (Wildman–Crippen LogP) is 3.16. The summed E-state index contributed by atoms with van der Waals surface area (Å²) in [4.78, 5) is 7.31. The molecule has 2 rings (SSSR count). The number of hydrogen-bond acceptors (Lipinski definition) is 3. The van der Waals surface area contributed by atoms with Gasteiger partial charge in [-0.3, -0.25) is 9.89 Å². The number of guanidine groups is 1. The van der Waals surface area contributed by atoms with Gasteiger partial charge in [-0.15, -0.1) is 24.0 Å². The number of aliphatic hydroxyl groups is 1. The summed E-state index contributed by atoms with van der Waals surface area (Å²) in [5.74, 6) is 0.851. The van der Waals surface area contributed by atoms with Gasteiger partial charge < -0.3 is 15.7 Å². The van der Waals surface area contributed by atoms with Crippen molar-refractivity contribution >= 4 is 29.9 Å². The van der Waals surface area contributed by atoms with Crippen molar-refractivity contribution in [1.29, 1.82) is 0 Å². The van der Waals surface area contributed by atoms with E-state index in [-0.39, 0.29) is 24.0 Å². The van der Waals surface area contributed by atoms with Crippen LogP contribution in [-0.4, -0.2) is 54.7 Å². The van der Waals surface area contributed by atoms with Crippen LogP contribution in [0.15, 0.2) is 35.3 Å². The zero-order chi connectivity index (χ0) is 17.9. The Morgan fingerprint density at radius 2 is 2.00 bits per heavy atom. The smallest absolute Gasteiger partial charge is 0.191 e. The Bertz CT molecular complexity index is 512. The van der Waals surface area contributed by atoms with Crippen molar-refractivity contribution in [3.05, 3.63) is 35.9 Å². The van der Waals surface area contributed by atoms with Crippen LogP contribution in [0.5, 0.6) is 0 Å². The molecule has 26 heavy (non-hydrogen) atoms. The van der Waals surface area contributed by atoms with E-state index in [4.69, 9.17) is 4.99 Å². The summed E-state index contributed by atoms with van der Waals surface area (Å²) in [5, 5.41) is 16.9. The number of likely N-dealkylation sites (N-methyl/N-ethyl adjacent to an activating group) is 1. The molecule has 0 radical (unpaired) electrons. The van der Waals surface area contributed by atoms with Gasteiger partial charge in [-0.25, -0.2) is 0 Å². The summed E-state index contributed by atoms with van der Waals surface area (Å²) in [6, 6.07) is 10.4. The van der Waals surface area contributed by atoms with E-state index in [0.29, 0.717) is 19.0 Å². The lowest BCUT2D eigenvalue weighted by Gasteiger charge is -2.34. The molecular formula is C20H35IN4O. The molecule has 2 atom stereocenters. The van der Waals surface area contributed by atoms with Gasteiger partial charge in [-0.2, -0.15) is 0 Å². The van der Waals surface area contributed by atoms with E-state index < -0.39 is 6.10 Å². The normalized spacial score (nSPS) is 19.5. The molecule has 1 aliphatic rings. The lowest BCUT2D eigenvalue weighted by molar-refractivity contribution is 0.161. The minimum Gasteiger partial charge on any atom is -0.388 e. The van der Waals surface area contributed by atoms with E-state index in [1.54, 1.807) is 0 Å². The molecule has 0 spiro atoms. The molecule has 0 aliphatic carbocycles. The second-order valence-electron chi connectivity index (χ2n) is 6.64. The van der Waals surface area contributed by atoms with Gasteiger partial charge in [0.05, 0.1) is 12.6 Å². The molecule has 6 heteroatoms. The fourth-order valence-corrected chi connectivity index (χ4v) is 3.39. The van der Waals surface area contributed by atoms with Gasteiger partial charge >= 0.3 is 0 Å². The fraction of sp³-hybridized carbons (Fsp3) is 0.650. The second kappa shape index (κ2) is 13.3. The molecule has 1 aromatic carbocycles. The van der Waals surface area contributed by atoms with E-state index in [9.17, 15) is 5.11 Å². The minimum absolute atomic E-state index is 0. The van der Waals surface area contributed by atoms with Crippen molar-refractivity contribution in [1.82, 2.24) is 15.5 Å². The Balaban J connectivity index is 0.00000338. The van der Waals surface area contributed by atoms with E-state index in [2.05, 4.69) is 29.4 Å². The molecular weight excluding hydrogens is 439 g/mol. The van der Waals surface area contributed by atoms with Crippen molar-refractivity contribution in [2.45, 2.75) is 51.7 Å². The standard InChI is InChI=1S/C20H34N4O.HI/c1-3-21-20(23-16-18-12-8-9-15-24(18)4-2)22-14-13-19(25)17-10-6-5-7-11-17;/h5-7,10-11,18-19,25H,3-4,8-9,12-16H2,1-2H3,(H2,21,22,23);1H. The van der Waals surface area contributed by atoms with Crippen LogP contribution in [0, 0.1) is 0 Å². The van der Waals surface area contributed by atoms with Gasteiger partial charge in [0, 0.05) is 19.1 Å². The Morgan fingerprint density at radius 3 is 2.69 bits per heavy atom. The molecule has 3 N–H and O–H groups in total. The van der Waals surface area contributed by atoms with Crippen LogP contribution in [0.2, 0.25) is 0 Å². The summed E-state index contributed by atoms with van der Waals surface area (Å²) >= 11 is 0. The van der Waals surface area contributed by atoms with Gasteiger partial charge in [-0.05, 0) is 44.8 Å². The minimum atomic E-state index is -0.439.